The average Bonchev–Trinajstić information content (AvgIpc) is 2.81. The van der Waals surface area contributed by atoms with Gasteiger partial charge in [0.25, 0.3) is 6.47 Å². The number of aryl methyl sites for hydroxylation is 1. The minimum Gasteiger partial charge on any atom is -0.611 e. The molecule has 0 spiro atoms. The highest BCUT2D eigenvalue weighted by Gasteiger charge is 2.43. The first-order chi connectivity index (χ1) is 15.0. The molecule has 1 fully saturated rings. The fourth-order valence-corrected chi connectivity index (χ4v) is 6.27. The van der Waals surface area contributed by atoms with Crippen LogP contribution in [0.5, 0.6) is 0 Å². The van der Waals surface area contributed by atoms with Crippen molar-refractivity contribution in [3.05, 3.63) is 77.9 Å². The summed E-state index contributed by atoms with van der Waals surface area (Å²) in [5.41, 5.74) is 3.71. The van der Waals surface area contributed by atoms with E-state index >= 15 is 0 Å². The molecule has 3 rings (SSSR count). The summed E-state index contributed by atoms with van der Waals surface area (Å²) in [7, 11) is 0. The predicted molar refractivity (Wildman–Crippen MR) is 127 cm³/mol. The Balaban J connectivity index is 1.82. The van der Waals surface area contributed by atoms with Crippen molar-refractivity contribution >= 4 is 17.6 Å². The van der Waals surface area contributed by atoms with Gasteiger partial charge in [-0.15, -0.1) is 0 Å². The van der Waals surface area contributed by atoms with E-state index in [4.69, 9.17) is 4.74 Å². The Morgan fingerprint density at radius 2 is 1.94 bits per heavy atom. The summed E-state index contributed by atoms with van der Waals surface area (Å²) in [6.45, 7) is 9.50. The van der Waals surface area contributed by atoms with Crippen LogP contribution in [0.1, 0.15) is 56.6 Å². The molecule has 0 heterocycles. The van der Waals surface area contributed by atoms with Crippen LogP contribution in [0.2, 0.25) is 0 Å². The maximum Gasteiger partial charge on any atom is 0.293 e. The molecule has 31 heavy (non-hydrogen) atoms. The van der Waals surface area contributed by atoms with E-state index < -0.39 is 11.2 Å². The van der Waals surface area contributed by atoms with E-state index in [9.17, 15) is 9.35 Å². The van der Waals surface area contributed by atoms with Crippen molar-refractivity contribution < 1.29 is 14.1 Å². The summed E-state index contributed by atoms with van der Waals surface area (Å²) >= 11 is -1.06. The van der Waals surface area contributed by atoms with E-state index in [0.29, 0.717) is 30.7 Å². The molecule has 3 nitrogen and oxygen atoms in total. The van der Waals surface area contributed by atoms with Gasteiger partial charge in [0.2, 0.25) is 0 Å². The van der Waals surface area contributed by atoms with Crippen molar-refractivity contribution in [1.29, 1.82) is 0 Å². The first kappa shape index (κ1) is 23.6. The van der Waals surface area contributed by atoms with Gasteiger partial charge in [-0.1, -0.05) is 61.5 Å². The molecule has 2 aromatic carbocycles. The Hall–Kier alpha value is -2.04. The number of rotatable bonds is 10. The lowest BCUT2D eigenvalue weighted by atomic mass is 9.61. The fraction of sp³-hybridized carbons (Fsp3) is 0.444. The van der Waals surface area contributed by atoms with Crippen molar-refractivity contribution in [3.8, 4) is 0 Å². The van der Waals surface area contributed by atoms with E-state index in [1.807, 2.05) is 30.3 Å². The zero-order chi connectivity index (χ0) is 22.3. The van der Waals surface area contributed by atoms with Gasteiger partial charge in [-0.05, 0) is 78.9 Å². The minimum atomic E-state index is -1.06. The maximum atomic E-state index is 12.9. The molecule has 4 heteroatoms. The highest BCUT2D eigenvalue weighted by Crippen LogP contribution is 2.51. The molecule has 1 saturated carbocycles. The molecule has 0 aromatic heterocycles. The lowest BCUT2D eigenvalue weighted by Crippen LogP contribution is -2.38. The molecule has 0 bridgehead atoms. The van der Waals surface area contributed by atoms with Crippen molar-refractivity contribution in [2.24, 2.45) is 11.3 Å². The van der Waals surface area contributed by atoms with E-state index in [2.05, 4.69) is 44.7 Å². The summed E-state index contributed by atoms with van der Waals surface area (Å²) in [5.74, 6) is 1.32. The first-order valence-electron chi connectivity index (χ1n) is 11.2. The Morgan fingerprint density at radius 1 is 1.23 bits per heavy atom. The molecule has 0 radical (unpaired) electrons. The lowest BCUT2D eigenvalue weighted by Gasteiger charge is -2.45. The molecule has 4 atom stereocenters. The van der Waals surface area contributed by atoms with Gasteiger partial charge in [0, 0.05) is 11.8 Å². The molecule has 0 saturated heterocycles. The van der Waals surface area contributed by atoms with Crippen LogP contribution in [0.3, 0.4) is 0 Å². The van der Waals surface area contributed by atoms with Crippen molar-refractivity contribution in [2.45, 2.75) is 56.8 Å². The van der Waals surface area contributed by atoms with Crippen LogP contribution in [0.15, 0.2) is 71.6 Å². The largest absolute Gasteiger partial charge is 0.611 e. The number of allylic oxidation sites excluding steroid dienone is 1. The summed E-state index contributed by atoms with van der Waals surface area (Å²) in [5, 5.41) is 0. The second-order valence-corrected chi connectivity index (χ2v) is 10.5. The van der Waals surface area contributed by atoms with Crippen LogP contribution in [-0.2, 0) is 27.1 Å². The molecule has 1 unspecified atom stereocenters. The van der Waals surface area contributed by atoms with E-state index in [1.54, 1.807) is 0 Å². The van der Waals surface area contributed by atoms with E-state index in [0.717, 1.165) is 37.0 Å². The molecule has 1 aliphatic carbocycles. The van der Waals surface area contributed by atoms with Crippen LogP contribution in [-0.4, -0.2) is 23.4 Å². The number of ether oxygens (including phenoxy) is 1. The molecule has 0 N–H and O–H groups in total. The fourth-order valence-electron chi connectivity index (χ4n) is 4.95. The first-order valence-corrected chi connectivity index (χ1v) is 12.5. The molecule has 166 valence electrons. The normalized spacial score (nSPS) is 24.4. The lowest BCUT2D eigenvalue weighted by molar-refractivity contribution is -0.133. The molecule has 1 aliphatic rings. The molecular formula is C27H34O3S. The Labute approximate surface area is 190 Å². The SMILES string of the molecule is C=C(C)[C@@H]1CC[C@](CC[S+]([O-])c2ccccc2)(COC=O)C[C@H]1c1ccc(CC)cc1. The Morgan fingerprint density at radius 3 is 2.55 bits per heavy atom. The second kappa shape index (κ2) is 11.0. The quantitative estimate of drug-likeness (QED) is 0.257. The van der Waals surface area contributed by atoms with Crippen LogP contribution >= 0.6 is 0 Å². The Bertz CT molecular complexity index is 849. The van der Waals surface area contributed by atoms with Crippen LogP contribution in [0.25, 0.3) is 0 Å². The maximum absolute atomic E-state index is 12.9. The third kappa shape index (κ3) is 6.02. The van der Waals surface area contributed by atoms with Crippen molar-refractivity contribution in [1.82, 2.24) is 0 Å². The van der Waals surface area contributed by atoms with Gasteiger partial charge in [-0.3, -0.25) is 4.79 Å². The predicted octanol–water partition coefficient (Wildman–Crippen LogP) is 6.07. The topological polar surface area (TPSA) is 49.4 Å². The molecule has 0 aliphatic heterocycles. The number of carbonyl (C=O) groups is 1. The van der Waals surface area contributed by atoms with Gasteiger partial charge < -0.3 is 9.29 Å². The molecule has 2 aromatic rings. The molecular weight excluding hydrogens is 404 g/mol. The average molecular weight is 439 g/mol. The van der Waals surface area contributed by atoms with E-state index in [1.165, 1.54) is 16.7 Å². The summed E-state index contributed by atoms with van der Waals surface area (Å²) in [6, 6.07) is 18.5. The monoisotopic (exact) mass is 438 g/mol. The van der Waals surface area contributed by atoms with Crippen molar-refractivity contribution in [3.63, 3.8) is 0 Å². The number of carbonyl (C=O) groups excluding carboxylic acids is 1. The highest BCUT2D eigenvalue weighted by atomic mass is 32.2. The Kier molecular flexibility index (Phi) is 8.39. The van der Waals surface area contributed by atoms with E-state index in [-0.39, 0.29) is 5.41 Å². The number of benzene rings is 2. The van der Waals surface area contributed by atoms with Gasteiger partial charge in [0.1, 0.15) is 5.75 Å². The summed E-state index contributed by atoms with van der Waals surface area (Å²) < 4.78 is 18.2. The number of hydrogen-bond donors (Lipinski definition) is 0. The van der Waals surface area contributed by atoms with Gasteiger partial charge in [0.15, 0.2) is 4.90 Å². The highest BCUT2D eigenvalue weighted by molar-refractivity contribution is 7.91. The third-order valence-electron chi connectivity index (χ3n) is 6.85. The van der Waals surface area contributed by atoms with Crippen molar-refractivity contribution in [2.75, 3.05) is 12.4 Å². The zero-order valence-corrected chi connectivity index (χ0v) is 19.5. The van der Waals surface area contributed by atoms with Gasteiger partial charge in [-0.2, -0.15) is 0 Å². The van der Waals surface area contributed by atoms with Gasteiger partial charge in [-0.25, -0.2) is 0 Å². The minimum absolute atomic E-state index is 0.161. The van der Waals surface area contributed by atoms with Crippen LogP contribution in [0, 0.1) is 11.3 Å². The van der Waals surface area contributed by atoms with Gasteiger partial charge >= 0.3 is 0 Å². The zero-order valence-electron chi connectivity index (χ0n) is 18.7. The standard InChI is InChI=1S/C27H34O3S/c1-4-22-10-12-23(13-11-22)26-18-27(19-30-20-28,15-14-25(26)21(2)3)16-17-31(29)24-8-6-5-7-9-24/h5-13,20,25-26H,2,4,14-19H2,1,3H3/t25-,26-,27+,31?/m0/s1. The third-order valence-corrected chi connectivity index (χ3v) is 8.23. The number of hydrogen-bond acceptors (Lipinski definition) is 3. The second-order valence-electron chi connectivity index (χ2n) is 8.92. The summed E-state index contributed by atoms with van der Waals surface area (Å²) in [6.07, 6.45) is 4.67. The van der Waals surface area contributed by atoms with Gasteiger partial charge in [0.05, 0.1) is 6.61 Å². The summed E-state index contributed by atoms with van der Waals surface area (Å²) in [4.78, 5) is 11.9. The smallest absolute Gasteiger partial charge is 0.293 e. The van der Waals surface area contributed by atoms with Crippen LogP contribution < -0.4 is 0 Å². The molecule has 0 amide bonds. The van der Waals surface area contributed by atoms with Crippen LogP contribution in [0.4, 0.5) is 0 Å².